The molecule has 19 heavy (non-hydrogen) atoms. The lowest BCUT2D eigenvalue weighted by molar-refractivity contribution is -0.146. The summed E-state index contributed by atoms with van der Waals surface area (Å²) >= 11 is 0. The lowest BCUT2D eigenvalue weighted by Crippen LogP contribution is -2.27. The lowest BCUT2D eigenvalue weighted by atomic mass is 9.96. The van der Waals surface area contributed by atoms with Gasteiger partial charge in [-0.1, -0.05) is 27.0 Å². The largest absolute Gasteiger partial charge is 0.462 e. The first-order valence-electron chi connectivity index (χ1n) is 6.00. The fourth-order valence-corrected chi connectivity index (χ4v) is 0.789. The van der Waals surface area contributed by atoms with E-state index in [1.807, 2.05) is 13.8 Å². The van der Waals surface area contributed by atoms with E-state index in [-0.39, 0.29) is 13.2 Å². The monoisotopic (exact) mass is 270 g/mol. The van der Waals surface area contributed by atoms with Crippen LogP contribution in [-0.4, -0.2) is 37.9 Å². The van der Waals surface area contributed by atoms with Crippen molar-refractivity contribution in [3.05, 3.63) is 25.3 Å². The minimum Gasteiger partial charge on any atom is -0.462 e. The van der Waals surface area contributed by atoms with Gasteiger partial charge in [0, 0.05) is 17.6 Å². The molecule has 0 aromatic carbocycles. The Labute approximate surface area is 114 Å². The van der Waals surface area contributed by atoms with Gasteiger partial charge in [-0.05, 0) is 6.92 Å². The van der Waals surface area contributed by atoms with Crippen LogP contribution >= 0.6 is 0 Å². The van der Waals surface area contributed by atoms with E-state index in [1.165, 1.54) is 0 Å². The smallest absolute Gasteiger partial charge is 0.330 e. The molecule has 108 valence electrons. The van der Waals surface area contributed by atoms with Gasteiger partial charge in [-0.25, -0.2) is 9.59 Å². The Balaban J connectivity index is 0.000000678. The van der Waals surface area contributed by atoms with Gasteiger partial charge in [0.05, 0.1) is 25.9 Å². The summed E-state index contributed by atoms with van der Waals surface area (Å²) < 4.78 is 14.4. The molecule has 0 saturated carbocycles. The molecule has 0 aliphatic carbocycles. The van der Waals surface area contributed by atoms with Crippen LogP contribution in [-0.2, 0) is 23.8 Å². The third-order valence-electron chi connectivity index (χ3n) is 2.04. The van der Waals surface area contributed by atoms with Crippen LogP contribution in [0.5, 0.6) is 0 Å². The van der Waals surface area contributed by atoms with E-state index in [0.29, 0.717) is 6.10 Å². The molecule has 0 bridgehead atoms. The fourth-order valence-electron chi connectivity index (χ4n) is 0.789. The van der Waals surface area contributed by atoms with Gasteiger partial charge in [0.2, 0.25) is 0 Å². The molecule has 1 unspecified atom stereocenters. The molecule has 1 aliphatic heterocycles. The second-order valence-corrected chi connectivity index (χ2v) is 4.93. The summed E-state index contributed by atoms with van der Waals surface area (Å²) in [4.78, 5) is 21.6. The topological polar surface area (TPSA) is 65.1 Å². The fraction of sp³-hybridized carbons (Fsp3) is 0.571. The van der Waals surface area contributed by atoms with Crippen LogP contribution in [0.1, 0.15) is 20.8 Å². The Kier molecular flexibility index (Phi) is 7.75. The third kappa shape index (κ3) is 11.2. The van der Waals surface area contributed by atoms with E-state index < -0.39 is 17.4 Å². The van der Waals surface area contributed by atoms with E-state index in [4.69, 9.17) is 14.2 Å². The van der Waals surface area contributed by atoms with Crippen molar-refractivity contribution in [3.8, 4) is 0 Å². The number of hydrogen-bond acceptors (Lipinski definition) is 5. The Morgan fingerprint density at radius 1 is 1.21 bits per heavy atom. The average Bonchev–Trinajstić information content (AvgIpc) is 3.16. The van der Waals surface area contributed by atoms with Crippen molar-refractivity contribution in [3.63, 3.8) is 0 Å². The predicted octanol–water partition coefficient (Wildman–Crippen LogP) is 1.88. The van der Waals surface area contributed by atoms with Crippen molar-refractivity contribution >= 4 is 11.9 Å². The highest BCUT2D eigenvalue weighted by atomic mass is 16.6. The van der Waals surface area contributed by atoms with E-state index in [2.05, 4.69) is 20.1 Å². The maximum absolute atomic E-state index is 10.8. The van der Waals surface area contributed by atoms with Gasteiger partial charge in [-0.15, -0.1) is 0 Å². The highest BCUT2D eigenvalue weighted by Gasteiger charge is 2.21. The molecule has 0 N–H and O–H groups in total. The second-order valence-electron chi connectivity index (χ2n) is 4.93. The first-order chi connectivity index (χ1) is 8.80. The van der Waals surface area contributed by atoms with Crippen LogP contribution in [0.2, 0.25) is 0 Å². The van der Waals surface area contributed by atoms with Gasteiger partial charge in [-0.2, -0.15) is 0 Å². The highest BCUT2D eigenvalue weighted by Crippen LogP contribution is 2.16. The van der Waals surface area contributed by atoms with Crippen LogP contribution in [0, 0.1) is 5.41 Å². The van der Waals surface area contributed by atoms with E-state index in [1.54, 1.807) is 0 Å². The van der Waals surface area contributed by atoms with Crippen molar-refractivity contribution in [1.29, 1.82) is 0 Å². The molecule has 1 atom stereocenters. The normalized spacial score (nSPS) is 16.5. The van der Waals surface area contributed by atoms with Crippen LogP contribution in [0.4, 0.5) is 0 Å². The minimum atomic E-state index is -0.488. The molecule has 0 aromatic rings. The summed E-state index contributed by atoms with van der Waals surface area (Å²) in [5.74, 6) is -0.976. The lowest BCUT2D eigenvalue weighted by Gasteiger charge is -2.22. The number of carbonyl (C=O) groups excluding carboxylic acids is 2. The summed E-state index contributed by atoms with van der Waals surface area (Å²) in [6.45, 7) is 13.6. The molecule has 0 spiro atoms. The summed E-state index contributed by atoms with van der Waals surface area (Å²) in [7, 11) is 0. The summed E-state index contributed by atoms with van der Waals surface area (Å²) in [5.41, 5.74) is -0.419. The number of epoxide rings is 1. The maximum atomic E-state index is 10.8. The summed E-state index contributed by atoms with van der Waals surface area (Å²) in [5, 5.41) is 0. The van der Waals surface area contributed by atoms with Gasteiger partial charge < -0.3 is 14.2 Å². The number of carbonyl (C=O) groups is 2. The number of esters is 2. The zero-order valence-corrected chi connectivity index (χ0v) is 11.8. The van der Waals surface area contributed by atoms with Gasteiger partial charge >= 0.3 is 11.9 Å². The molecule has 0 aromatic heterocycles. The summed E-state index contributed by atoms with van der Waals surface area (Å²) in [6.07, 6.45) is 2.76. The van der Waals surface area contributed by atoms with E-state index in [9.17, 15) is 9.59 Å². The molecule has 0 amide bonds. The first-order valence-corrected chi connectivity index (χ1v) is 6.00. The van der Waals surface area contributed by atoms with E-state index >= 15 is 0 Å². The Morgan fingerprint density at radius 3 is 1.74 bits per heavy atom. The number of rotatable bonds is 6. The van der Waals surface area contributed by atoms with Crippen molar-refractivity contribution in [2.24, 2.45) is 5.41 Å². The van der Waals surface area contributed by atoms with Gasteiger partial charge in [-0.3, -0.25) is 0 Å². The molecule has 5 heteroatoms. The molecule has 1 aliphatic rings. The standard InChI is InChI=1S/C11H16O4.C3H6O/c1-5-9(12)14-7-11(3,4)8-15-10(13)6-2;1-3-2-4-3/h5-6H,1-2,7-8H2,3-4H3;3H,2H2,1H3. The zero-order valence-electron chi connectivity index (χ0n) is 11.8. The predicted molar refractivity (Wildman–Crippen MR) is 71.5 cm³/mol. The minimum absolute atomic E-state index is 0.169. The molecule has 1 heterocycles. The number of ether oxygens (including phenoxy) is 3. The summed E-state index contributed by atoms with van der Waals surface area (Å²) in [6, 6.07) is 0. The molecule has 1 saturated heterocycles. The average molecular weight is 270 g/mol. The van der Waals surface area contributed by atoms with Crippen LogP contribution in [0.15, 0.2) is 25.3 Å². The van der Waals surface area contributed by atoms with Crippen molar-refractivity contribution in [2.45, 2.75) is 26.9 Å². The van der Waals surface area contributed by atoms with Crippen LogP contribution in [0.3, 0.4) is 0 Å². The van der Waals surface area contributed by atoms with Crippen molar-refractivity contribution in [1.82, 2.24) is 0 Å². The van der Waals surface area contributed by atoms with Gasteiger partial charge in [0.15, 0.2) is 0 Å². The Hall–Kier alpha value is -1.62. The second kappa shape index (κ2) is 8.48. The molecular formula is C14H22O5. The molecule has 1 fully saturated rings. The molecule has 0 radical (unpaired) electrons. The molecular weight excluding hydrogens is 248 g/mol. The Morgan fingerprint density at radius 2 is 1.53 bits per heavy atom. The van der Waals surface area contributed by atoms with Crippen LogP contribution < -0.4 is 0 Å². The highest BCUT2D eigenvalue weighted by molar-refractivity contribution is 5.81. The quantitative estimate of drug-likeness (QED) is 0.419. The molecule has 5 nitrogen and oxygen atoms in total. The van der Waals surface area contributed by atoms with Crippen molar-refractivity contribution < 1.29 is 23.8 Å². The van der Waals surface area contributed by atoms with E-state index in [0.717, 1.165) is 18.8 Å². The zero-order chi connectivity index (χ0) is 14.9. The van der Waals surface area contributed by atoms with Gasteiger partial charge in [0.25, 0.3) is 0 Å². The number of hydrogen-bond donors (Lipinski definition) is 0. The maximum Gasteiger partial charge on any atom is 0.330 e. The third-order valence-corrected chi connectivity index (χ3v) is 2.04. The van der Waals surface area contributed by atoms with Crippen molar-refractivity contribution in [2.75, 3.05) is 19.8 Å². The van der Waals surface area contributed by atoms with Gasteiger partial charge in [0.1, 0.15) is 0 Å². The van der Waals surface area contributed by atoms with Crippen LogP contribution in [0.25, 0.3) is 0 Å². The first kappa shape index (κ1) is 17.4. The SMILES string of the molecule is C=CC(=O)OCC(C)(C)COC(=O)C=C.CC1CO1. The Bertz CT molecular complexity index is 303. The molecule has 1 rings (SSSR count).